The molecule has 0 aromatic heterocycles. The van der Waals surface area contributed by atoms with E-state index < -0.39 is 0 Å². The molecule has 0 heterocycles. The van der Waals surface area contributed by atoms with Gasteiger partial charge in [0.15, 0.2) is 0 Å². The summed E-state index contributed by atoms with van der Waals surface area (Å²) in [6.07, 6.45) is 17.4. The van der Waals surface area contributed by atoms with Crippen LogP contribution in [0.15, 0.2) is 0 Å². The van der Waals surface area contributed by atoms with Crippen LogP contribution in [0.4, 0.5) is 0 Å². The van der Waals surface area contributed by atoms with Gasteiger partial charge in [-0.2, -0.15) is 11.8 Å². The van der Waals surface area contributed by atoms with Crippen LogP contribution in [0.1, 0.15) is 97.8 Å². The van der Waals surface area contributed by atoms with Gasteiger partial charge in [-0.3, -0.25) is 0 Å². The summed E-state index contributed by atoms with van der Waals surface area (Å²) in [4.78, 5) is 0. The molecule has 0 atom stereocenters. The standard InChI is InChI=1S/C18H38S/c1-4-5-6-7-8-9-10-11-12-13-16-19-17-14-15-18(2)3/h18H,4-17H2,1-3H3. The van der Waals surface area contributed by atoms with Crippen molar-refractivity contribution in [3.05, 3.63) is 0 Å². The fourth-order valence-electron chi connectivity index (χ4n) is 2.39. The number of thioether (sulfide) groups is 1. The van der Waals surface area contributed by atoms with Crippen LogP contribution in [-0.2, 0) is 0 Å². The average Bonchev–Trinajstić information content (AvgIpc) is 2.39. The second-order valence-corrected chi connectivity index (χ2v) is 7.56. The van der Waals surface area contributed by atoms with Crippen LogP contribution in [0.25, 0.3) is 0 Å². The van der Waals surface area contributed by atoms with Crippen LogP contribution in [0.2, 0.25) is 0 Å². The number of unbranched alkanes of at least 4 members (excludes halogenated alkanes) is 9. The maximum atomic E-state index is 2.33. The highest BCUT2D eigenvalue weighted by Gasteiger charge is 1.95. The van der Waals surface area contributed by atoms with Crippen molar-refractivity contribution < 1.29 is 0 Å². The molecule has 0 aromatic carbocycles. The van der Waals surface area contributed by atoms with Gasteiger partial charge < -0.3 is 0 Å². The van der Waals surface area contributed by atoms with E-state index in [1.165, 1.54) is 88.6 Å². The minimum absolute atomic E-state index is 0.887. The van der Waals surface area contributed by atoms with Crippen molar-refractivity contribution in [2.75, 3.05) is 11.5 Å². The van der Waals surface area contributed by atoms with Crippen LogP contribution in [0.5, 0.6) is 0 Å². The lowest BCUT2D eigenvalue weighted by molar-refractivity contribution is 0.563. The molecule has 0 bridgehead atoms. The van der Waals surface area contributed by atoms with Crippen molar-refractivity contribution >= 4 is 11.8 Å². The van der Waals surface area contributed by atoms with E-state index in [2.05, 4.69) is 32.5 Å². The van der Waals surface area contributed by atoms with Gasteiger partial charge in [0.2, 0.25) is 0 Å². The summed E-state index contributed by atoms with van der Waals surface area (Å²) in [7, 11) is 0. The largest absolute Gasteiger partial charge is 0.162 e. The van der Waals surface area contributed by atoms with Crippen molar-refractivity contribution in [1.82, 2.24) is 0 Å². The van der Waals surface area contributed by atoms with E-state index in [1.807, 2.05) is 0 Å². The molecule has 0 saturated carbocycles. The normalized spacial score (nSPS) is 11.4. The first kappa shape index (κ1) is 19.4. The highest BCUT2D eigenvalue weighted by Crippen LogP contribution is 2.14. The Labute approximate surface area is 127 Å². The fourth-order valence-corrected chi connectivity index (χ4v) is 3.37. The quantitative estimate of drug-likeness (QED) is 0.290. The predicted octanol–water partition coefficient (Wildman–Crippen LogP) is 7.08. The smallest absolute Gasteiger partial charge is 0.00674 e. The van der Waals surface area contributed by atoms with Gasteiger partial charge >= 0.3 is 0 Å². The summed E-state index contributed by atoms with van der Waals surface area (Å²) in [5, 5.41) is 0. The molecule has 0 aromatic rings. The number of hydrogen-bond donors (Lipinski definition) is 0. The highest BCUT2D eigenvalue weighted by atomic mass is 32.2. The van der Waals surface area contributed by atoms with Crippen LogP contribution >= 0.6 is 11.8 Å². The van der Waals surface area contributed by atoms with Gasteiger partial charge in [0.25, 0.3) is 0 Å². The van der Waals surface area contributed by atoms with Gasteiger partial charge in [-0.25, -0.2) is 0 Å². The minimum Gasteiger partial charge on any atom is -0.162 e. The number of rotatable bonds is 15. The Morgan fingerprint density at radius 1 is 0.632 bits per heavy atom. The lowest BCUT2D eigenvalue weighted by Gasteiger charge is -2.04. The van der Waals surface area contributed by atoms with Crippen LogP contribution in [0.3, 0.4) is 0 Å². The third kappa shape index (κ3) is 18.4. The van der Waals surface area contributed by atoms with Gasteiger partial charge in [0, 0.05) is 0 Å². The zero-order valence-electron chi connectivity index (χ0n) is 13.9. The first-order valence-corrected chi connectivity index (χ1v) is 10.0. The first-order valence-electron chi connectivity index (χ1n) is 8.85. The minimum atomic E-state index is 0.887. The zero-order valence-corrected chi connectivity index (χ0v) is 14.7. The monoisotopic (exact) mass is 286 g/mol. The molecule has 0 aliphatic heterocycles. The van der Waals surface area contributed by atoms with E-state index in [0.29, 0.717) is 0 Å². The highest BCUT2D eigenvalue weighted by molar-refractivity contribution is 7.99. The van der Waals surface area contributed by atoms with Crippen molar-refractivity contribution in [2.45, 2.75) is 97.8 Å². The lowest BCUT2D eigenvalue weighted by atomic mass is 10.1. The van der Waals surface area contributed by atoms with E-state index in [9.17, 15) is 0 Å². The van der Waals surface area contributed by atoms with E-state index in [0.717, 1.165) is 5.92 Å². The maximum absolute atomic E-state index is 2.33. The molecule has 0 N–H and O–H groups in total. The summed E-state index contributed by atoms with van der Waals surface area (Å²) in [6, 6.07) is 0. The Morgan fingerprint density at radius 3 is 1.63 bits per heavy atom. The molecule has 0 saturated heterocycles. The SMILES string of the molecule is CCCCCCCCCCCCSCCCC(C)C. The van der Waals surface area contributed by atoms with Gasteiger partial charge in [-0.1, -0.05) is 85.0 Å². The zero-order chi connectivity index (χ0) is 14.2. The lowest BCUT2D eigenvalue weighted by Crippen LogP contribution is -1.90. The van der Waals surface area contributed by atoms with Crippen molar-refractivity contribution in [1.29, 1.82) is 0 Å². The van der Waals surface area contributed by atoms with Crippen LogP contribution in [0, 0.1) is 5.92 Å². The van der Waals surface area contributed by atoms with Crippen molar-refractivity contribution in [3.8, 4) is 0 Å². The summed E-state index contributed by atoms with van der Waals surface area (Å²) < 4.78 is 0. The Hall–Kier alpha value is 0.350. The second kappa shape index (κ2) is 16.4. The molecule has 0 rings (SSSR count). The van der Waals surface area contributed by atoms with Gasteiger partial charge in [0.05, 0.1) is 0 Å². The Kier molecular flexibility index (Phi) is 16.7. The molecule has 19 heavy (non-hydrogen) atoms. The van der Waals surface area contributed by atoms with Gasteiger partial charge in [0.1, 0.15) is 0 Å². The molecule has 116 valence electrons. The van der Waals surface area contributed by atoms with E-state index >= 15 is 0 Å². The average molecular weight is 287 g/mol. The summed E-state index contributed by atoms with van der Waals surface area (Å²) in [5.41, 5.74) is 0. The maximum Gasteiger partial charge on any atom is -0.00674 e. The van der Waals surface area contributed by atoms with Crippen LogP contribution < -0.4 is 0 Å². The third-order valence-corrected chi connectivity index (χ3v) is 4.87. The Bertz CT molecular complexity index is 154. The Balaban J connectivity index is 2.91. The third-order valence-electron chi connectivity index (χ3n) is 3.71. The molecular formula is C18H38S. The molecule has 0 radical (unpaired) electrons. The molecule has 0 amide bonds. The molecule has 0 fully saturated rings. The molecular weight excluding hydrogens is 248 g/mol. The summed E-state index contributed by atoms with van der Waals surface area (Å²) in [5.74, 6) is 3.67. The molecule has 0 unspecified atom stereocenters. The fraction of sp³-hybridized carbons (Fsp3) is 1.00. The molecule has 0 spiro atoms. The number of hydrogen-bond acceptors (Lipinski definition) is 1. The van der Waals surface area contributed by atoms with Crippen molar-refractivity contribution in [2.24, 2.45) is 5.92 Å². The Morgan fingerprint density at radius 2 is 1.11 bits per heavy atom. The summed E-state index contributed by atoms with van der Waals surface area (Å²) >= 11 is 2.17. The van der Waals surface area contributed by atoms with Crippen LogP contribution in [-0.4, -0.2) is 11.5 Å². The van der Waals surface area contributed by atoms with Gasteiger partial charge in [-0.15, -0.1) is 0 Å². The first-order chi connectivity index (χ1) is 9.27. The van der Waals surface area contributed by atoms with E-state index in [-0.39, 0.29) is 0 Å². The van der Waals surface area contributed by atoms with E-state index in [1.54, 1.807) is 0 Å². The summed E-state index contributed by atoms with van der Waals surface area (Å²) in [6.45, 7) is 6.95. The molecule has 0 aliphatic carbocycles. The van der Waals surface area contributed by atoms with Gasteiger partial charge in [-0.05, 0) is 30.3 Å². The van der Waals surface area contributed by atoms with Crippen molar-refractivity contribution in [3.63, 3.8) is 0 Å². The predicted molar refractivity (Wildman–Crippen MR) is 93.2 cm³/mol. The second-order valence-electron chi connectivity index (χ2n) is 6.33. The topological polar surface area (TPSA) is 0 Å². The molecule has 0 aliphatic rings. The molecule has 1 heteroatoms. The molecule has 0 nitrogen and oxygen atoms in total. The van der Waals surface area contributed by atoms with E-state index in [4.69, 9.17) is 0 Å².